The van der Waals surface area contributed by atoms with Gasteiger partial charge in [-0.2, -0.15) is 0 Å². The number of para-hydroxylation sites is 6. The Balaban J connectivity index is 0.949. The van der Waals surface area contributed by atoms with Crippen molar-refractivity contribution in [3.05, 3.63) is 320 Å². The predicted octanol–water partition coefficient (Wildman–Crippen LogP) is 19.4. The molecule has 1 aliphatic carbocycles. The lowest BCUT2D eigenvalue weighted by molar-refractivity contribution is 0.752. The fraction of sp³-hybridized carbons (Fsp3) is 0.0137. The molecular formula is C73H49N3. The minimum atomic E-state index is -0.615. The number of hydrogen-bond donors (Lipinski definition) is 0. The molecule has 13 aromatic rings. The van der Waals surface area contributed by atoms with Crippen LogP contribution in [0.1, 0.15) is 22.3 Å². The SMILES string of the molecule is c1ccc(-c2ccccc2-c2ccccc2N(c2ccc(-c3ccc4c5ccccc5n(-c5ccccc5)c4c3)cc2)c2ccc3c(c2)C2(c4ccccc4-3)c3ccccc3N(c3ccccc3)c3ccccc32)cc1. The monoisotopic (exact) mass is 967 g/mol. The Kier molecular flexibility index (Phi) is 10.1. The molecule has 0 unspecified atom stereocenters. The van der Waals surface area contributed by atoms with Crippen molar-refractivity contribution in [1.82, 2.24) is 4.57 Å². The van der Waals surface area contributed by atoms with Gasteiger partial charge in [0.25, 0.3) is 0 Å². The highest BCUT2D eigenvalue weighted by Crippen LogP contribution is 2.64. The normalized spacial score (nSPS) is 12.8. The zero-order valence-electron chi connectivity index (χ0n) is 41.6. The molecule has 0 radical (unpaired) electrons. The van der Waals surface area contributed by atoms with E-state index < -0.39 is 5.41 Å². The van der Waals surface area contributed by atoms with Gasteiger partial charge in [-0.1, -0.05) is 218 Å². The van der Waals surface area contributed by atoms with Crippen molar-refractivity contribution in [2.75, 3.05) is 9.80 Å². The van der Waals surface area contributed by atoms with E-state index in [0.717, 1.165) is 39.6 Å². The van der Waals surface area contributed by atoms with Gasteiger partial charge in [-0.15, -0.1) is 0 Å². The number of aromatic nitrogens is 1. The Morgan fingerprint density at radius 3 is 1.51 bits per heavy atom. The first kappa shape index (κ1) is 43.6. The molecule has 1 aliphatic heterocycles. The van der Waals surface area contributed by atoms with E-state index >= 15 is 0 Å². The molecule has 1 aromatic heterocycles. The zero-order chi connectivity index (χ0) is 50.2. The molecule has 356 valence electrons. The fourth-order valence-corrected chi connectivity index (χ4v) is 12.8. The second-order valence-electron chi connectivity index (χ2n) is 20.0. The third-order valence-electron chi connectivity index (χ3n) is 16.0. The average Bonchev–Trinajstić information content (AvgIpc) is 4.20. The molecule has 0 bridgehead atoms. The van der Waals surface area contributed by atoms with Crippen molar-refractivity contribution in [2.24, 2.45) is 0 Å². The Labute approximate surface area is 443 Å². The lowest BCUT2D eigenvalue weighted by atomic mass is 9.64. The first-order valence-corrected chi connectivity index (χ1v) is 26.3. The topological polar surface area (TPSA) is 11.4 Å². The predicted molar refractivity (Wildman–Crippen MR) is 317 cm³/mol. The summed E-state index contributed by atoms with van der Waals surface area (Å²) >= 11 is 0. The molecule has 2 aliphatic rings. The Hall–Kier alpha value is -9.96. The standard InChI is InChI=1S/C73H49N3/c1-4-22-51(23-5-1)57-28-10-11-29-58(57)61-31-13-18-36-68(61)74(55-43-40-50(41-44-55)52-42-46-63-62-32-14-19-37-69(62)75(72(63)48-52)53-24-6-2-7-25-53)56-45-47-60-59-30-12-15-33-64(59)73(67(60)49-56)65-34-16-20-38-70(65)76(54-26-8-3-9-27-54)71-39-21-17-35-66(71)73/h1-49H. The average molecular weight is 968 g/mol. The summed E-state index contributed by atoms with van der Waals surface area (Å²) in [4.78, 5) is 4.94. The van der Waals surface area contributed by atoms with Gasteiger partial charge in [0, 0.05) is 39.1 Å². The van der Waals surface area contributed by atoms with Gasteiger partial charge in [0.05, 0.1) is 33.5 Å². The summed E-state index contributed by atoms with van der Waals surface area (Å²) in [6.07, 6.45) is 0. The summed E-state index contributed by atoms with van der Waals surface area (Å²) in [5.74, 6) is 0. The molecule has 0 amide bonds. The largest absolute Gasteiger partial charge is 0.310 e. The van der Waals surface area contributed by atoms with Gasteiger partial charge >= 0.3 is 0 Å². The molecule has 3 heteroatoms. The molecular weight excluding hydrogens is 919 g/mol. The first-order chi connectivity index (χ1) is 37.7. The van der Waals surface area contributed by atoms with Gasteiger partial charge < -0.3 is 14.4 Å². The maximum absolute atomic E-state index is 2.51. The summed E-state index contributed by atoms with van der Waals surface area (Å²) < 4.78 is 2.40. The third kappa shape index (κ3) is 6.62. The summed E-state index contributed by atoms with van der Waals surface area (Å²) in [7, 11) is 0. The highest BCUT2D eigenvalue weighted by Gasteiger charge is 2.52. The lowest BCUT2D eigenvalue weighted by Crippen LogP contribution is -2.36. The fourth-order valence-electron chi connectivity index (χ4n) is 12.8. The summed E-state index contributed by atoms with van der Waals surface area (Å²) in [6, 6.07) is 109. The maximum atomic E-state index is 2.51. The lowest BCUT2D eigenvalue weighted by Gasteiger charge is -2.45. The van der Waals surface area contributed by atoms with Crippen LogP contribution in [0.2, 0.25) is 0 Å². The van der Waals surface area contributed by atoms with E-state index in [1.807, 2.05) is 0 Å². The number of fused-ring (bicyclic) bond motifs is 12. The summed E-state index contributed by atoms with van der Waals surface area (Å²) in [6.45, 7) is 0. The van der Waals surface area contributed by atoms with E-state index in [2.05, 4.69) is 312 Å². The molecule has 76 heavy (non-hydrogen) atoms. The second kappa shape index (κ2) is 17.6. The van der Waals surface area contributed by atoms with Crippen LogP contribution in [0, 0.1) is 0 Å². The molecule has 0 fully saturated rings. The number of hydrogen-bond acceptors (Lipinski definition) is 2. The van der Waals surface area contributed by atoms with Crippen molar-refractivity contribution in [3.8, 4) is 50.2 Å². The Morgan fingerprint density at radius 2 is 0.789 bits per heavy atom. The van der Waals surface area contributed by atoms with E-state index in [0.29, 0.717) is 0 Å². The van der Waals surface area contributed by atoms with Crippen LogP contribution in [0.15, 0.2) is 297 Å². The molecule has 0 atom stereocenters. The van der Waals surface area contributed by atoms with E-state index in [4.69, 9.17) is 0 Å². The van der Waals surface area contributed by atoms with Gasteiger partial charge in [-0.05, 0) is 140 Å². The van der Waals surface area contributed by atoms with E-state index in [1.54, 1.807) is 0 Å². The summed E-state index contributed by atoms with van der Waals surface area (Å²) in [5.41, 5.74) is 24.3. The molecule has 12 aromatic carbocycles. The van der Waals surface area contributed by atoms with E-state index in [1.165, 1.54) is 88.8 Å². The highest BCUT2D eigenvalue weighted by molar-refractivity contribution is 6.10. The van der Waals surface area contributed by atoms with Crippen LogP contribution >= 0.6 is 0 Å². The van der Waals surface area contributed by atoms with Gasteiger partial charge in [-0.25, -0.2) is 0 Å². The molecule has 15 rings (SSSR count). The van der Waals surface area contributed by atoms with Crippen LogP contribution < -0.4 is 9.80 Å². The maximum Gasteiger partial charge on any atom is 0.0755 e. The van der Waals surface area contributed by atoms with Crippen LogP contribution in [0.3, 0.4) is 0 Å². The number of nitrogens with zero attached hydrogens (tertiary/aromatic N) is 3. The van der Waals surface area contributed by atoms with Crippen molar-refractivity contribution in [2.45, 2.75) is 5.41 Å². The molecule has 3 nitrogen and oxygen atoms in total. The van der Waals surface area contributed by atoms with Crippen LogP contribution in [0.4, 0.5) is 34.1 Å². The van der Waals surface area contributed by atoms with Crippen LogP contribution in [-0.4, -0.2) is 4.57 Å². The zero-order valence-corrected chi connectivity index (χ0v) is 41.6. The van der Waals surface area contributed by atoms with Crippen LogP contribution in [0.25, 0.3) is 72.0 Å². The van der Waals surface area contributed by atoms with Gasteiger partial charge in [0.15, 0.2) is 0 Å². The quantitative estimate of drug-likeness (QED) is 0.150. The van der Waals surface area contributed by atoms with Crippen molar-refractivity contribution in [1.29, 1.82) is 0 Å². The number of benzene rings is 12. The Morgan fingerprint density at radius 1 is 0.276 bits per heavy atom. The molecule has 1 spiro atoms. The number of anilines is 6. The minimum Gasteiger partial charge on any atom is -0.310 e. The van der Waals surface area contributed by atoms with Crippen molar-refractivity contribution >= 4 is 55.9 Å². The van der Waals surface area contributed by atoms with Crippen LogP contribution in [0.5, 0.6) is 0 Å². The van der Waals surface area contributed by atoms with Crippen molar-refractivity contribution < 1.29 is 0 Å². The van der Waals surface area contributed by atoms with Crippen LogP contribution in [-0.2, 0) is 5.41 Å². The Bertz CT molecular complexity index is 4300. The molecule has 0 saturated carbocycles. The molecule has 0 saturated heterocycles. The third-order valence-corrected chi connectivity index (χ3v) is 16.0. The first-order valence-electron chi connectivity index (χ1n) is 26.3. The van der Waals surface area contributed by atoms with E-state index in [-0.39, 0.29) is 0 Å². The van der Waals surface area contributed by atoms with Gasteiger partial charge in [0.1, 0.15) is 0 Å². The van der Waals surface area contributed by atoms with Crippen molar-refractivity contribution in [3.63, 3.8) is 0 Å². The van der Waals surface area contributed by atoms with Gasteiger partial charge in [-0.3, -0.25) is 0 Å². The molecule has 0 N–H and O–H groups in total. The number of rotatable bonds is 8. The molecule has 2 heterocycles. The van der Waals surface area contributed by atoms with E-state index in [9.17, 15) is 0 Å². The minimum absolute atomic E-state index is 0.615. The highest BCUT2D eigenvalue weighted by atomic mass is 15.2. The van der Waals surface area contributed by atoms with Gasteiger partial charge in [0.2, 0.25) is 0 Å². The second-order valence-corrected chi connectivity index (χ2v) is 20.0. The smallest absolute Gasteiger partial charge is 0.0755 e. The summed E-state index contributed by atoms with van der Waals surface area (Å²) in [5, 5.41) is 2.49.